The van der Waals surface area contributed by atoms with E-state index in [4.69, 9.17) is 0 Å². The summed E-state index contributed by atoms with van der Waals surface area (Å²) in [6, 6.07) is 6.40. The van der Waals surface area contributed by atoms with Gasteiger partial charge in [-0.05, 0) is 0 Å². The molecule has 0 aliphatic heterocycles. The van der Waals surface area contributed by atoms with Crippen molar-refractivity contribution in [2.75, 3.05) is 0 Å². The van der Waals surface area contributed by atoms with Crippen molar-refractivity contribution in [3.05, 3.63) is 30.1 Å². The third-order valence-electron chi connectivity index (χ3n) is 5.55. The minimum Gasteiger partial charge on any atom is -0.0721 e. The molecule has 4 radical (unpaired) electrons. The van der Waals surface area contributed by atoms with Gasteiger partial charge in [0, 0.05) is 30.1 Å². The van der Waals surface area contributed by atoms with E-state index in [0.717, 1.165) is 0 Å². The normalized spacial score (nSPS) is 14.5. The Labute approximate surface area is 203 Å². The first-order valence-electron chi connectivity index (χ1n) is 11.0. The predicted molar refractivity (Wildman–Crippen MR) is 154 cm³/mol. The summed E-state index contributed by atoms with van der Waals surface area (Å²) >= 11 is 1.66. The van der Waals surface area contributed by atoms with Gasteiger partial charge in [0.2, 0.25) is 0 Å². The molecule has 0 fully saturated rings. The Balaban J connectivity index is 0.000000555. The van der Waals surface area contributed by atoms with E-state index < -0.39 is 38.9 Å². The maximum atomic E-state index is 4.68. The van der Waals surface area contributed by atoms with Gasteiger partial charge in [-0.15, -0.1) is 0 Å². The zero-order chi connectivity index (χ0) is 23.7. The number of hydrogen-bond donors (Lipinski definition) is 0. The van der Waals surface area contributed by atoms with Gasteiger partial charge in [0.1, 0.15) is 0 Å². The molecule has 1 heterocycles. The first kappa shape index (κ1) is 30.2. The van der Waals surface area contributed by atoms with Crippen molar-refractivity contribution in [1.82, 2.24) is 4.98 Å². The molecule has 0 N–H and O–H groups in total. The fourth-order valence-electron chi connectivity index (χ4n) is 5.85. The van der Waals surface area contributed by atoms with Crippen LogP contribution in [-0.2, 0) is 2.68 Å². The van der Waals surface area contributed by atoms with Crippen molar-refractivity contribution in [1.29, 1.82) is 0 Å². The Morgan fingerprint density at radius 2 is 1.00 bits per heavy atom. The Morgan fingerprint density at radius 1 is 0.655 bits per heavy atom. The first-order chi connectivity index (χ1) is 12.5. The topological polar surface area (TPSA) is 12.9 Å². The second-order valence-corrected chi connectivity index (χ2v) is 66.3. The molecule has 1 nitrogen and oxygen atoms in total. The number of rotatable bonds is 6. The predicted octanol–water partition coefficient (Wildman–Crippen LogP) is 6.93. The van der Waals surface area contributed by atoms with Crippen LogP contribution in [0.15, 0.2) is 24.4 Å². The van der Waals surface area contributed by atoms with E-state index in [-0.39, 0.29) is 7.35 Å². The van der Waals surface area contributed by atoms with E-state index in [1.807, 2.05) is 12.3 Å². The zero-order valence-corrected chi connectivity index (χ0v) is 31.1. The van der Waals surface area contributed by atoms with Crippen LogP contribution in [0.1, 0.15) is 5.69 Å². The van der Waals surface area contributed by atoms with Gasteiger partial charge in [0.25, 0.3) is 0 Å². The smallest absolute Gasteiger partial charge is 0.0306 e. The van der Waals surface area contributed by atoms with Gasteiger partial charge in [0.05, 0.1) is 0 Å². The molecule has 0 saturated heterocycles. The minimum absolute atomic E-state index is 0.0255. The summed E-state index contributed by atoms with van der Waals surface area (Å²) in [4.78, 5) is 4.68. The van der Waals surface area contributed by atoms with Crippen LogP contribution in [0.3, 0.4) is 0 Å². The molecule has 0 spiro atoms. The van der Waals surface area contributed by atoms with Crippen molar-refractivity contribution in [2.45, 2.75) is 101 Å². The molecule has 8 heteroatoms. The summed E-state index contributed by atoms with van der Waals surface area (Å²) in [6.45, 7) is 38.4. The molecule has 0 unspecified atom stereocenters. The Kier molecular flexibility index (Phi) is 10.5. The molecule has 1 rings (SSSR count). The van der Waals surface area contributed by atoms with E-state index in [2.05, 4.69) is 115 Å². The molecule has 0 aromatic carbocycles. The Morgan fingerprint density at radius 3 is 1.17 bits per heavy atom. The first-order valence-corrected chi connectivity index (χ1v) is 34.4. The van der Waals surface area contributed by atoms with E-state index in [1.54, 1.807) is 22.5 Å². The van der Waals surface area contributed by atoms with Crippen LogP contribution < -0.4 is 0 Å². The molecule has 29 heavy (non-hydrogen) atoms. The van der Waals surface area contributed by atoms with Crippen LogP contribution in [0, 0.1) is 0 Å². The maximum absolute atomic E-state index is 4.68. The molecule has 0 aliphatic carbocycles. The van der Waals surface area contributed by atoms with Crippen LogP contribution in [-0.4, -0.2) is 73.8 Å². The largest absolute Gasteiger partial charge is 0.0721 e. The van der Waals surface area contributed by atoms with Crippen LogP contribution in [0.4, 0.5) is 0 Å². The van der Waals surface area contributed by atoms with E-state index >= 15 is 0 Å². The molecule has 0 saturated carbocycles. The van der Waals surface area contributed by atoms with Crippen molar-refractivity contribution >= 4 is 68.8 Å². The Bertz CT molecular complexity index is 584. The van der Waals surface area contributed by atoms with Gasteiger partial charge in [-0.3, -0.25) is 0 Å². The molecule has 0 amide bonds. The molecule has 0 aliphatic rings. The van der Waals surface area contributed by atoms with E-state index in [1.165, 1.54) is 5.69 Å². The quantitative estimate of drug-likeness (QED) is 0.322. The van der Waals surface area contributed by atoms with Crippen LogP contribution >= 0.6 is 0 Å². The van der Waals surface area contributed by atoms with Gasteiger partial charge < -0.3 is 0 Å². The fraction of sp³-hybridized carbons (Fsp3) is 0.762. The molecule has 0 bridgehead atoms. The van der Waals surface area contributed by atoms with Crippen molar-refractivity contribution < 1.29 is 0 Å². The summed E-state index contributed by atoms with van der Waals surface area (Å²) in [7, 11) is -4.97. The summed E-state index contributed by atoms with van der Waals surface area (Å²) in [6.07, 6.45) is 1.95. The zero-order valence-electron chi connectivity index (χ0n) is 22.3. The molecule has 166 valence electrons. The number of nitrogens with zero attached hydrogens (tertiary/aromatic N) is 1. The summed E-state index contributed by atoms with van der Waals surface area (Å²) in [5.41, 5.74) is 1.35. The van der Waals surface area contributed by atoms with E-state index in [9.17, 15) is 0 Å². The molecular formula is C21H49NSi6Sn. The molecule has 0 atom stereocenters. The third kappa shape index (κ3) is 8.27. The average molecular weight is 603 g/mol. The summed E-state index contributed by atoms with van der Waals surface area (Å²) in [5, 5.41) is 0. The third-order valence-corrected chi connectivity index (χ3v) is 87.1. The van der Waals surface area contributed by atoms with Gasteiger partial charge in [-0.1, -0.05) is 58.9 Å². The number of pyridine rings is 1. The maximum Gasteiger partial charge on any atom is 0.0306 e. The van der Waals surface area contributed by atoms with Crippen LogP contribution in [0.25, 0.3) is 0 Å². The van der Waals surface area contributed by atoms with Gasteiger partial charge >= 0.3 is 116 Å². The molecular weight excluding hydrogens is 553 g/mol. The van der Waals surface area contributed by atoms with Crippen LogP contribution in [0.2, 0.25) is 98.2 Å². The van der Waals surface area contributed by atoms with Crippen LogP contribution in [0.5, 0.6) is 0 Å². The standard InChI is InChI=1S/C12H22NSi2.C9H27Si4.Sn/c1-14(2,3)12(15(4,5)6)11-9-7-8-10-13-11;1-11(2,3)10(12(4,5)6)13(7,8)9;/h7-10H,1-6H3;1-9H3;. The fourth-order valence-corrected chi connectivity index (χ4v) is 105. The van der Waals surface area contributed by atoms with Crippen molar-refractivity contribution in [2.24, 2.45) is 0 Å². The summed E-state index contributed by atoms with van der Waals surface area (Å²) < 4.78 is 0.425. The Hall–Kier alpha value is 1.25. The van der Waals surface area contributed by atoms with Gasteiger partial charge in [0.15, 0.2) is 0 Å². The number of hydrogen-bond acceptors (Lipinski definition) is 1. The van der Waals surface area contributed by atoms with Gasteiger partial charge in [-0.25, -0.2) is 0 Å². The minimum atomic E-state index is -1.25. The number of aromatic nitrogens is 1. The van der Waals surface area contributed by atoms with E-state index in [0.29, 0.717) is 2.68 Å². The average Bonchev–Trinajstić information content (AvgIpc) is 2.40. The van der Waals surface area contributed by atoms with Gasteiger partial charge in [-0.2, -0.15) is 0 Å². The van der Waals surface area contributed by atoms with Crippen molar-refractivity contribution in [3.8, 4) is 0 Å². The van der Waals surface area contributed by atoms with Crippen molar-refractivity contribution in [3.63, 3.8) is 0 Å². The second kappa shape index (κ2) is 10.0. The monoisotopic (exact) mass is 603 g/mol. The molecule has 1 aromatic heterocycles. The summed E-state index contributed by atoms with van der Waals surface area (Å²) in [5.74, 6) is 0. The molecule has 1 aromatic rings. The second-order valence-electron chi connectivity index (χ2n) is 13.6. The SMILES string of the molecule is C[Si](C)(C)[C]([Sn])(c1ccccn1)[Si](C)(C)C.C[Si](C)(C)[Si]([Si](C)(C)C)[Si](C)(C)C.